The van der Waals surface area contributed by atoms with Crippen molar-refractivity contribution < 1.29 is 4.79 Å². The minimum atomic E-state index is -0.272. The Bertz CT molecular complexity index is 692. The summed E-state index contributed by atoms with van der Waals surface area (Å²) in [6.07, 6.45) is 0.663. The third-order valence-electron chi connectivity index (χ3n) is 3.88. The Morgan fingerprint density at radius 3 is 2.65 bits per heavy atom. The Hall–Kier alpha value is -1.40. The normalized spacial score (nSPS) is 20.4. The van der Waals surface area contributed by atoms with Crippen LogP contribution >= 0.6 is 27.5 Å². The Labute approximate surface area is 148 Å². The molecule has 4 nitrogen and oxygen atoms in total. The van der Waals surface area contributed by atoms with Gasteiger partial charge in [0.25, 0.3) is 0 Å². The van der Waals surface area contributed by atoms with E-state index in [2.05, 4.69) is 32.1 Å². The van der Waals surface area contributed by atoms with Crippen LogP contribution in [0.4, 0.5) is 0 Å². The zero-order chi connectivity index (χ0) is 16.2. The van der Waals surface area contributed by atoms with Crippen LogP contribution in [0.3, 0.4) is 0 Å². The minimum absolute atomic E-state index is 0.0185. The number of carbonyl (C=O) groups excluding carboxylic acids is 1. The van der Waals surface area contributed by atoms with Crippen LogP contribution in [0.1, 0.15) is 23.6 Å². The average molecular weight is 395 g/mol. The number of nitrogens with one attached hydrogen (secondary N) is 3. The molecule has 0 spiro atoms. The molecule has 0 aromatic heterocycles. The number of halogens is 2. The van der Waals surface area contributed by atoms with Crippen LogP contribution in [0.25, 0.3) is 0 Å². The van der Waals surface area contributed by atoms with E-state index in [0.717, 1.165) is 15.6 Å². The van der Waals surface area contributed by atoms with Crippen molar-refractivity contribution in [2.24, 2.45) is 0 Å². The summed E-state index contributed by atoms with van der Waals surface area (Å²) in [7, 11) is 0. The topological polar surface area (TPSA) is 53.2 Å². The van der Waals surface area contributed by atoms with Crippen LogP contribution in [-0.4, -0.2) is 11.9 Å². The van der Waals surface area contributed by atoms with Gasteiger partial charge in [-0.15, -0.1) is 0 Å². The number of hydrogen-bond acceptors (Lipinski definition) is 3. The summed E-state index contributed by atoms with van der Waals surface area (Å²) >= 11 is 9.61. The summed E-state index contributed by atoms with van der Waals surface area (Å²) in [6.45, 7) is 0.515. The van der Waals surface area contributed by atoms with E-state index in [4.69, 9.17) is 11.6 Å². The van der Waals surface area contributed by atoms with Crippen LogP contribution in [0.2, 0.25) is 5.02 Å². The molecule has 1 saturated heterocycles. The first-order chi connectivity index (χ1) is 11.1. The van der Waals surface area contributed by atoms with Gasteiger partial charge in [0.05, 0.1) is 0 Å². The largest absolute Gasteiger partial charge is 0.351 e. The van der Waals surface area contributed by atoms with Gasteiger partial charge in [0, 0.05) is 22.1 Å². The lowest BCUT2D eigenvalue weighted by atomic mass is 10.0. The molecule has 2 atom stereocenters. The molecule has 1 amide bonds. The van der Waals surface area contributed by atoms with Crippen molar-refractivity contribution in [1.29, 1.82) is 0 Å². The number of rotatable bonds is 4. The second kappa shape index (κ2) is 7.45. The Morgan fingerprint density at radius 2 is 1.91 bits per heavy atom. The van der Waals surface area contributed by atoms with Crippen molar-refractivity contribution in [3.63, 3.8) is 0 Å². The molecule has 0 aliphatic carbocycles. The Balaban J connectivity index is 1.55. The summed E-state index contributed by atoms with van der Waals surface area (Å²) in [6, 6.07) is 15.3. The maximum absolute atomic E-state index is 12.3. The Morgan fingerprint density at radius 1 is 1.17 bits per heavy atom. The lowest BCUT2D eigenvalue weighted by Crippen LogP contribution is -2.42. The van der Waals surface area contributed by atoms with E-state index in [1.165, 1.54) is 0 Å². The Kier molecular flexibility index (Phi) is 5.33. The maximum atomic E-state index is 12.3. The zero-order valence-corrected chi connectivity index (χ0v) is 14.7. The van der Waals surface area contributed by atoms with E-state index >= 15 is 0 Å². The summed E-state index contributed by atoms with van der Waals surface area (Å²) in [5, 5.41) is 3.67. The van der Waals surface area contributed by atoms with Gasteiger partial charge in [-0.3, -0.25) is 4.79 Å². The lowest BCUT2D eigenvalue weighted by Gasteiger charge is -2.12. The van der Waals surface area contributed by atoms with Gasteiger partial charge in [0.15, 0.2) is 0 Å². The van der Waals surface area contributed by atoms with Crippen LogP contribution in [0.5, 0.6) is 0 Å². The molecule has 23 heavy (non-hydrogen) atoms. The molecule has 1 fully saturated rings. The first kappa shape index (κ1) is 16.5. The van der Waals surface area contributed by atoms with Gasteiger partial charge in [-0.25, -0.2) is 10.9 Å². The van der Waals surface area contributed by atoms with Crippen LogP contribution in [0.15, 0.2) is 53.0 Å². The number of carbonyl (C=O) groups is 1. The number of benzene rings is 2. The number of amides is 1. The lowest BCUT2D eigenvalue weighted by molar-refractivity contribution is -0.123. The van der Waals surface area contributed by atoms with Crippen molar-refractivity contribution in [2.45, 2.75) is 25.0 Å². The van der Waals surface area contributed by atoms with Crippen molar-refractivity contribution in [3.05, 3.63) is 69.2 Å². The molecular formula is C17H17BrClN3O. The van der Waals surface area contributed by atoms with Gasteiger partial charge < -0.3 is 5.32 Å². The van der Waals surface area contributed by atoms with E-state index in [0.29, 0.717) is 18.0 Å². The standard InChI is InChI=1S/C17H17BrClN3O/c18-12-7-5-11(6-8-12)10-20-17(23)16-9-15(21-22-16)13-3-1-2-4-14(13)19/h1-8,15-16,21-22H,9-10H2,(H,20,23). The smallest absolute Gasteiger partial charge is 0.238 e. The van der Waals surface area contributed by atoms with Crippen molar-refractivity contribution in [1.82, 2.24) is 16.2 Å². The molecule has 1 aliphatic rings. The highest BCUT2D eigenvalue weighted by Crippen LogP contribution is 2.28. The van der Waals surface area contributed by atoms with Gasteiger partial charge in [0.2, 0.25) is 5.91 Å². The van der Waals surface area contributed by atoms with Crippen LogP contribution in [-0.2, 0) is 11.3 Å². The highest BCUT2D eigenvalue weighted by Gasteiger charge is 2.30. The molecule has 0 saturated carbocycles. The van der Waals surface area contributed by atoms with Crippen molar-refractivity contribution in [2.75, 3.05) is 0 Å². The number of hydrogen-bond donors (Lipinski definition) is 3. The molecule has 1 heterocycles. The fourth-order valence-electron chi connectivity index (χ4n) is 2.60. The zero-order valence-electron chi connectivity index (χ0n) is 12.4. The molecule has 0 bridgehead atoms. The molecule has 2 aromatic rings. The molecule has 3 rings (SSSR count). The minimum Gasteiger partial charge on any atom is -0.351 e. The molecule has 1 aliphatic heterocycles. The van der Waals surface area contributed by atoms with Gasteiger partial charge in [0.1, 0.15) is 6.04 Å². The first-order valence-corrected chi connectivity index (χ1v) is 8.58. The fourth-order valence-corrected chi connectivity index (χ4v) is 3.14. The van der Waals surface area contributed by atoms with Gasteiger partial charge in [-0.1, -0.05) is 57.9 Å². The van der Waals surface area contributed by atoms with E-state index in [9.17, 15) is 4.79 Å². The molecule has 0 radical (unpaired) electrons. The van der Waals surface area contributed by atoms with Crippen LogP contribution in [0, 0.1) is 0 Å². The predicted molar refractivity (Wildman–Crippen MR) is 94.9 cm³/mol. The highest BCUT2D eigenvalue weighted by atomic mass is 79.9. The van der Waals surface area contributed by atoms with Crippen molar-refractivity contribution in [3.8, 4) is 0 Å². The predicted octanol–water partition coefficient (Wildman–Crippen LogP) is 3.33. The maximum Gasteiger partial charge on any atom is 0.238 e. The SMILES string of the molecule is O=C(NCc1ccc(Br)cc1)C1CC(c2ccccc2Cl)NN1. The van der Waals surface area contributed by atoms with E-state index in [-0.39, 0.29) is 18.0 Å². The first-order valence-electron chi connectivity index (χ1n) is 7.41. The summed E-state index contributed by atoms with van der Waals surface area (Å²) in [4.78, 5) is 12.3. The molecular weight excluding hydrogens is 378 g/mol. The van der Waals surface area contributed by atoms with Crippen molar-refractivity contribution >= 4 is 33.4 Å². The van der Waals surface area contributed by atoms with Crippen LogP contribution < -0.4 is 16.2 Å². The molecule has 2 aromatic carbocycles. The summed E-state index contributed by atoms with van der Waals surface area (Å²) in [5.74, 6) is -0.0185. The highest BCUT2D eigenvalue weighted by molar-refractivity contribution is 9.10. The second-order valence-electron chi connectivity index (χ2n) is 5.50. The van der Waals surface area contributed by atoms with Gasteiger partial charge >= 0.3 is 0 Å². The van der Waals surface area contributed by atoms with E-state index < -0.39 is 0 Å². The summed E-state index contributed by atoms with van der Waals surface area (Å²) in [5.41, 5.74) is 8.27. The fraction of sp³-hybridized carbons (Fsp3) is 0.235. The quantitative estimate of drug-likeness (QED) is 0.745. The molecule has 6 heteroatoms. The molecule has 3 N–H and O–H groups in total. The number of hydrazine groups is 1. The van der Waals surface area contributed by atoms with E-state index in [1.54, 1.807) is 0 Å². The van der Waals surface area contributed by atoms with Gasteiger partial charge in [-0.05, 0) is 35.7 Å². The molecule has 2 unspecified atom stereocenters. The second-order valence-corrected chi connectivity index (χ2v) is 6.82. The third-order valence-corrected chi connectivity index (χ3v) is 4.75. The van der Waals surface area contributed by atoms with Gasteiger partial charge in [-0.2, -0.15) is 0 Å². The monoisotopic (exact) mass is 393 g/mol. The van der Waals surface area contributed by atoms with E-state index in [1.807, 2.05) is 48.5 Å². The molecule has 120 valence electrons. The third kappa shape index (κ3) is 4.12. The average Bonchev–Trinajstić information content (AvgIpc) is 3.04. The summed E-state index contributed by atoms with van der Waals surface area (Å²) < 4.78 is 1.02.